The van der Waals surface area contributed by atoms with E-state index in [0.717, 1.165) is 78.7 Å². The summed E-state index contributed by atoms with van der Waals surface area (Å²) in [5, 5.41) is 4.25. The van der Waals surface area contributed by atoms with Crippen LogP contribution in [0.25, 0.3) is 96.9 Å². The molecule has 0 spiro atoms. The summed E-state index contributed by atoms with van der Waals surface area (Å²) in [4.78, 5) is 29.6. The maximum atomic E-state index is 6.16. The van der Waals surface area contributed by atoms with Crippen LogP contribution in [0.4, 0.5) is 23.1 Å². The molecule has 0 amide bonds. The van der Waals surface area contributed by atoms with Crippen LogP contribution >= 0.6 is 0 Å². The van der Waals surface area contributed by atoms with Crippen molar-refractivity contribution in [3.63, 3.8) is 0 Å². The Kier molecular flexibility index (Phi) is 22.4. The standard InChI is InChI=1S/C33H36BN4O.C27H32BN4O.C22H22BN4O.C20H28BN3O/c1-21(2)27-19-25(24-12-9-8-10-13-24)20-28(22(3)4)30(27)38-17-16-36(6)33(38)34-23(5)18-29-31(37(34)7)26-14-11-15-35-32(26)39-29;1-17(2)20-10-8-11-21(18(3)4)24(20)32-15-14-30(6)27(32)28-19(5)16-23-25(31(28)7)22-12-9-13-29-26(22)33-23;1-15-13-20-19-11-8-12-24-21(19)28-22(20)25(4)23(15)27-14-26(16(2)17(27)3)18-9-6-5-7-10-18;1-13-11-16-15-9-8-10-22-17(15)25-18(16)23(7)21(13)24-14(2)19(3,4)12-20(24,5)6/h8-22H,1-7H3;8-18H,1-7H3;5-14H,1-4H3;8-11,14H,12H2,1-7H3/q3*+1;. The second-order valence-electron chi connectivity index (χ2n) is 37.8. The molecule has 1 atom stereocenters. The molecule has 15 aromatic rings. The number of hydrogen-bond donors (Lipinski definition) is 0. The Morgan fingerprint density at radius 1 is 0.432 bits per heavy atom. The lowest BCUT2D eigenvalue weighted by atomic mass is 9.51. The minimum absolute atomic E-state index is 0.0346. The molecule has 23 heteroatoms. The molecule has 20 rings (SSSR count). The Labute approximate surface area is 738 Å². The number of allylic oxidation sites excluding steroid dienone is 4. The molecule has 5 aliphatic rings. The van der Waals surface area contributed by atoms with E-state index >= 15 is 0 Å². The van der Waals surface area contributed by atoms with Crippen molar-refractivity contribution in [1.82, 2.24) is 38.4 Å². The van der Waals surface area contributed by atoms with Crippen molar-refractivity contribution in [2.45, 2.75) is 173 Å². The van der Waals surface area contributed by atoms with Gasteiger partial charge in [0.05, 0.1) is 36.2 Å². The molecule has 0 aliphatic carbocycles. The number of pyridine rings is 4. The highest BCUT2D eigenvalue weighted by atomic mass is 16.4. The zero-order valence-corrected chi connectivity index (χ0v) is 77.5. The van der Waals surface area contributed by atoms with Gasteiger partial charge in [-0.05, 0) is 214 Å². The molecule has 0 saturated carbocycles. The molecule has 11 aromatic heterocycles. The number of nitrogens with zero attached hydrogens (tertiary/aromatic N) is 15. The third-order valence-electron chi connectivity index (χ3n) is 27.0. The van der Waals surface area contributed by atoms with E-state index in [1.54, 1.807) is 24.8 Å². The van der Waals surface area contributed by atoms with Crippen molar-refractivity contribution < 1.29 is 31.3 Å². The van der Waals surface area contributed by atoms with E-state index in [4.69, 9.17) is 17.7 Å². The molecule has 1 unspecified atom stereocenters. The summed E-state index contributed by atoms with van der Waals surface area (Å²) < 4.78 is 38.4. The van der Waals surface area contributed by atoms with Crippen LogP contribution in [-0.4, -0.2) is 106 Å². The van der Waals surface area contributed by atoms with Crippen LogP contribution in [0.5, 0.6) is 0 Å². The Balaban J connectivity index is 0.000000119. The van der Waals surface area contributed by atoms with E-state index in [2.05, 4.69) is 410 Å². The predicted molar refractivity (Wildman–Crippen MR) is 517 cm³/mol. The Morgan fingerprint density at radius 3 is 1.30 bits per heavy atom. The average molecular weight is 1660 g/mol. The van der Waals surface area contributed by atoms with Crippen molar-refractivity contribution in [2.75, 3.05) is 47.4 Å². The molecule has 0 radical (unpaired) electrons. The van der Waals surface area contributed by atoms with E-state index in [9.17, 15) is 0 Å². The average Bonchev–Trinajstić information content (AvgIpc) is 1.54. The molecule has 0 bridgehead atoms. The summed E-state index contributed by atoms with van der Waals surface area (Å²) >= 11 is 0. The largest absolute Gasteiger partial charge is 0.534 e. The molecule has 125 heavy (non-hydrogen) atoms. The predicted octanol–water partition coefficient (Wildman–Crippen LogP) is 20.2. The van der Waals surface area contributed by atoms with Crippen molar-refractivity contribution in [2.24, 2.45) is 19.5 Å². The van der Waals surface area contributed by atoms with E-state index in [0.29, 0.717) is 52.3 Å². The van der Waals surface area contributed by atoms with Gasteiger partial charge in [0, 0.05) is 94.5 Å². The number of aromatic nitrogens is 10. The third kappa shape index (κ3) is 14.8. The van der Waals surface area contributed by atoms with Crippen molar-refractivity contribution in [1.29, 1.82) is 0 Å². The number of aryl methyl sites for hydroxylation is 2. The topological polar surface area (TPSA) is 147 Å². The minimum atomic E-state index is 0.0346. The van der Waals surface area contributed by atoms with E-state index in [-0.39, 0.29) is 33.2 Å². The fraction of sp³-hybridized carbons (Fsp3) is 0.324. The molecule has 634 valence electrons. The number of fused-ring (bicyclic) bond motifs is 12. The lowest BCUT2D eigenvalue weighted by Gasteiger charge is -2.45. The van der Waals surface area contributed by atoms with Crippen molar-refractivity contribution in [3.8, 4) is 28.2 Å². The first kappa shape index (κ1) is 84.8. The van der Waals surface area contributed by atoms with Crippen LogP contribution in [0.1, 0.15) is 204 Å². The summed E-state index contributed by atoms with van der Waals surface area (Å²) in [6.07, 6.45) is 28.2. The second kappa shape index (κ2) is 33.0. The number of rotatable bonds is 12. The van der Waals surface area contributed by atoms with Gasteiger partial charge in [-0.1, -0.05) is 165 Å². The first-order valence-electron chi connectivity index (χ1n) is 44.3. The third-order valence-corrected chi connectivity index (χ3v) is 27.0. The maximum absolute atomic E-state index is 6.16. The van der Waals surface area contributed by atoms with Gasteiger partial charge in [-0.3, -0.25) is 4.48 Å². The number of imidazole rings is 3. The monoisotopic (exact) mass is 1660 g/mol. The number of benzene rings is 4. The Morgan fingerprint density at radius 2 is 0.856 bits per heavy atom. The van der Waals surface area contributed by atoms with Crippen LogP contribution in [0.2, 0.25) is 0 Å². The second-order valence-corrected chi connectivity index (χ2v) is 37.8. The first-order chi connectivity index (χ1) is 59.7. The van der Waals surface area contributed by atoms with Gasteiger partial charge in [-0.25, -0.2) is 42.8 Å². The quantitative estimate of drug-likeness (QED) is 0.0845. The summed E-state index contributed by atoms with van der Waals surface area (Å²) in [6.45, 7) is 43.7. The normalized spacial score (nSPS) is 16.1. The SMILES string of the molecule is CC1=Cc2c(oc3ncccc23)N(C)B1N1C(C)C(C)(C)CC1(C)C.CC1=Cc2c(oc3ncccc23)N(C)B1[n+]1cn(-c2ccccc2)c(C)c1C.CC1=Cc2oc3ncccc3c2N(C)B1c1n(-c2c(C(C)C)cc(-c3ccccc3)cc2C(C)C)cc[n+]1C.CC1=Cc2oc3ncccc3c2N(C)B1c1n(-c2c(C(C)C)cccc2C(C)C)cc[n+]1C. The minimum Gasteiger partial charge on any atom is -0.436 e. The Bertz CT molecular complexity index is 6710. The van der Waals surface area contributed by atoms with E-state index in [1.165, 1.54) is 95.9 Å². The van der Waals surface area contributed by atoms with Crippen LogP contribution in [-0.2, 0) is 14.1 Å². The summed E-state index contributed by atoms with van der Waals surface area (Å²) in [6, 6.07) is 49.4. The lowest BCUT2D eigenvalue weighted by molar-refractivity contribution is -0.653. The number of furan rings is 4. The molecule has 19 nitrogen and oxygen atoms in total. The summed E-state index contributed by atoms with van der Waals surface area (Å²) in [5.74, 6) is 5.12. The molecule has 1 fully saturated rings. The zero-order valence-electron chi connectivity index (χ0n) is 77.5. The van der Waals surface area contributed by atoms with Crippen LogP contribution in [0, 0.1) is 19.3 Å². The summed E-state index contributed by atoms with van der Waals surface area (Å²) in [7, 11) is 12.9. The van der Waals surface area contributed by atoms with Crippen LogP contribution < -0.4 is 44.3 Å². The van der Waals surface area contributed by atoms with Gasteiger partial charge in [0.2, 0.25) is 40.6 Å². The molecule has 16 heterocycles. The maximum Gasteiger partial charge on any atom is 0.534 e. The van der Waals surface area contributed by atoms with Gasteiger partial charge in [0.15, 0.2) is 23.3 Å². The highest BCUT2D eigenvalue weighted by Gasteiger charge is 2.55. The molecule has 1 saturated heterocycles. The molecular formula is C102H118B4N15O4+3. The highest BCUT2D eigenvalue weighted by Crippen LogP contribution is 2.51. The highest BCUT2D eigenvalue weighted by molar-refractivity contribution is 6.83. The van der Waals surface area contributed by atoms with E-state index in [1.807, 2.05) is 30.3 Å². The number of anilines is 4. The van der Waals surface area contributed by atoms with Crippen molar-refractivity contribution in [3.05, 3.63) is 274 Å². The van der Waals surface area contributed by atoms with Gasteiger partial charge >= 0.3 is 27.7 Å². The molecular weight excluding hydrogens is 1540 g/mol. The van der Waals surface area contributed by atoms with Gasteiger partial charge < -0.3 is 41.7 Å². The molecule has 5 aliphatic heterocycles. The van der Waals surface area contributed by atoms with Crippen LogP contribution in [0.3, 0.4) is 0 Å². The number of para-hydroxylation sites is 2. The van der Waals surface area contributed by atoms with Gasteiger partial charge in [0.1, 0.15) is 53.2 Å². The molecule has 4 aromatic carbocycles. The molecule has 0 N–H and O–H groups in total. The lowest BCUT2D eigenvalue weighted by Crippen LogP contribution is -2.63. The summed E-state index contributed by atoms with van der Waals surface area (Å²) in [5.41, 5.74) is 29.4. The van der Waals surface area contributed by atoms with Crippen LogP contribution in [0.15, 0.2) is 235 Å². The van der Waals surface area contributed by atoms with E-state index < -0.39 is 0 Å². The zero-order chi connectivity index (χ0) is 88.4. The fourth-order valence-corrected chi connectivity index (χ4v) is 20.9. The van der Waals surface area contributed by atoms with Gasteiger partial charge in [0.25, 0.3) is 0 Å². The van der Waals surface area contributed by atoms with Gasteiger partial charge in [-0.2, -0.15) is 0 Å². The number of hydrogen-bond acceptors (Lipinski definition) is 13. The first-order valence-corrected chi connectivity index (χ1v) is 44.3. The fourth-order valence-electron chi connectivity index (χ4n) is 20.9. The van der Waals surface area contributed by atoms with Gasteiger partial charge in [-0.15, -0.1) is 0 Å². The Hall–Kier alpha value is -12.4. The smallest absolute Gasteiger partial charge is 0.436 e. The van der Waals surface area contributed by atoms with Crippen molar-refractivity contribution >= 4 is 131 Å².